The number of hydrogen-bond acceptors (Lipinski definition) is 3. The molecule has 1 aromatic heterocycles. The Morgan fingerprint density at radius 2 is 1.70 bits per heavy atom. The zero-order chi connectivity index (χ0) is 22.6. The first-order valence-corrected chi connectivity index (χ1v) is 12.5. The first-order chi connectivity index (χ1) is 16.3. The molecule has 3 nitrogen and oxygen atoms in total. The Labute approximate surface area is 197 Å². The molecule has 0 bridgehead atoms. The van der Waals surface area contributed by atoms with Crippen LogP contribution in [0.2, 0.25) is 0 Å². The lowest BCUT2D eigenvalue weighted by Crippen LogP contribution is -2.27. The van der Waals surface area contributed by atoms with Crippen molar-refractivity contribution >= 4 is 21.7 Å². The number of fused-ring (bicyclic) bond motifs is 5. The second-order valence-electron chi connectivity index (χ2n) is 9.34. The predicted molar refractivity (Wildman–Crippen MR) is 139 cm³/mol. The highest BCUT2D eigenvalue weighted by Crippen LogP contribution is 2.39. The Morgan fingerprint density at radius 1 is 0.879 bits per heavy atom. The van der Waals surface area contributed by atoms with Crippen LogP contribution in [0.4, 0.5) is 0 Å². The monoisotopic (exact) mass is 438 g/mol. The molecule has 2 heterocycles. The number of nitrogens with zero attached hydrogens (tertiary/aromatic N) is 2. The van der Waals surface area contributed by atoms with Gasteiger partial charge in [0.15, 0.2) is 0 Å². The second kappa shape index (κ2) is 9.93. The highest BCUT2D eigenvalue weighted by molar-refractivity contribution is 6.09. The fourth-order valence-corrected chi connectivity index (χ4v) is 5.15. The maximum Gasteiger partial charge on any atom is 0.128 e. The van der Waals surface area contributed by atoms with E-state index in [4.69, 9.17) is 9.72 Å². The molecule has 170 valence electrons. The summed E-state index contributed by atoms with van der Waals surface area (Å²) in [7, 11) is 2.21. The fourth-order valence-electron chi connectivity index (χ4n) is 5.15. The molecule has 0 aliphatic carbocycles. The molecular weight excluding hydrogens is 404 g/mol. The highest BCUT2D eigenvalue weighted by Gasteiger charge is 2.24. The summed E-state index contributed by atoms with van der Waals surface area (Å²) >= 11 is 0. The number of benzene rings is 3. The van der Waals surface area contributed by atoms with Crippen LogP contribution in [0.15, 0.2) is 60.7 Å². The van der Waals surface area contributed by atoms with Gasteiger partial charge in [0, 0.05) is 24.0 Å². The van der Waals surface area contributed by atoms with Gasteiger partial charge in [0.25, 0.3) is 0 Å². The van der Waals surface area contributed by atoms with Gasteiger partial charge < -0.3 is 9.64 Å². The fraction of sp³-hybridized carbons (Fsp3) is 0.367. The molecule has 0 atom stereocenters. The van der Waals surface area contributed by atoms with Crippen LogP contribution in [0, 0.1) is 0 Å². The van der Waals surface area contributed by atoms with Crippen molar-refractivity contribution in [3.8, 4) is 17.0 Å². The van der Waals surface area contributed by atoms with Gasteiger partial charge in [0.1, 0.15) is 5.75 Å². The lowest BCUT2D eigenvalue weighted by molar-refractivity contribution is 0.304. The third-order valence-corrected chi connectivity index (χ3v) is 6.91. The summed E-state index contributed by atoms with van der Waals surface area (Å²) < 4.78 is 6.32. The van der Waals surface area contributed by atoms with Crippen LogP contribution in [0.25, 0.3) is 32.9 Å². The Kier molecular flexibility index (Phi) is 6.59. The van der Waals surface area contributed by atoms with Crippen molar-refractivity contribution in [3.05, 3.63) is 71.8 Å². The van der Waals surface area contributed by atoms with Gasteiger partial charge in [-0.15, -0.1) is 0 Å². The van der Waals surface area contributed by atoms with Crippen LogP contribution >= 0.6 is 0 Å². The third kappa shape index (κ3) is 4.47. The zero-order valence-corrected chi connectivity index (χ0v) is 19.9. The van der Waals surface area contributed by atoms with E-state index in [1.54, 1.807) is 0 Å². The minimum atomic E-state index is 0.765. The van der Waals surface area contributed by atoms with E-state index in [9.17, 15) is 0 Å². The molecule has 5 rings (SSSR count). The largest absolute Gasteiger partial charge is 0.493 e. The number of unbranched alkanes of at least 4 members (excludes halogenated alkanes) is 4. The molecule has 33 heavy (non-hydrogen) atoms. The summed E-state index contributed by atoms with van der Waals surface area (Å²) in [6.45, 7) is 5.01. The standard InChI is InChI=1S/C30H34N2O/c1-3-4-5-6-11-20-33-28-15-10-9-14-25(28)30-26-21-32(2)19-18-24(26)29-23-13-8-7-12-22(23)16-17-27(29)31-30/h7-10,12-17H,3-6,11,18-21H2,1-2H3. The van der Waals surface area contributed by atoms with Gasteiger partial charge in [-0.2, -0.15) is 0 Å². The number of ether oxygens (including phenoxy) is 1. The van der Waals surface area contributed by atoms with Gasteiger partial charge in [0.2, 0.25) is 0 Å². The predicted octanol–water partition coefficient (Wildman–Crippen LogP) is 7.39. The van der Waals surface area contributed by atoms with E-state index in [0.717, 1.165) is 55.1 Å². The lowest BCUT2D eigenvalue weighted by Gasteiger charge is -2.29. The van der Waals surface area contributed by atoms with Crippen molar-refractivity contribution in [2.75, 3.05) is 20.2 Å². The maximum atomic E-state index is 6.32. The third-order valence-electron chi connectivity index (χ3n) is 6.91. The summed E-state index contributed by atoms with van der Waals surface area (Å²) in [4.78, 5) is 7.67. The number of aromatic nitrogens is 1. The molecule has 1 aliphatic rings. The Bertz CT molecular complexity index is 1260. The lowest BCUT2D eigenvalue weighted by atomic mass is 9.89. The van der Waals surface area contributed by atoms with Gasteiger partial charge in [-0.25, -0.2) is 4.98 Å². The number of pyridine rings is 1. The first-order valence-electron chi connectivity index (χ1n) is 12.5. The van der Waals surface area contributed by atoms with Crippen molar-refractivity contribution in [2.24, 2.45) is 0 Å². The second-order valence-corrected chi connectivity index (χ2v) is 9.34. The number of likely N-dealkylation sites (N-methyl/N-ethyl adjacent to an activating group) is 1. The molecule has 3 aromatic carbocycles. The van der Waals surface area contributed by atoms with Crippen molar-refractivity contribution in [1.29, 1.82) is 0 Å². The van der Waals surface area contributed by atoms with Crippen molar-refractivity contribution in [2.45, 2.75) is 52.0 Å². The summed E-state index contributed by atoms with van der Waals surface area (Å²) in [5.74, 6) is 0.955. The molecule has 0 radical (unpaired) electrons. The van der Waals surface area contributed by atoms with Crippen molar-refractivity contribution < 1.29 is 4.74 Å². The SMILES string of the molecule is CCCCCCCOc1ccccc1-c1nc2ccc3ccccc3c2c2c1CN(C)CC2. The Morgan fingerprint density at radius 3 is 2.61 bits per heavy atom. The van der Waals surface area contributed by atoms with E-state index < -0.39 is 0 Å². The Balaban J connectivity index is 1.58. The van der Waals surface area contributed by atoms with Gasteiger partial charge in [-0.1, -0.05) is 75.1 Å². The molecule has 0 saturated carbocycles. The Hall–Kier alpha value is -2.91. The van der Waals surface area contributed by atoms with E-state index in [0.29, 0.717) is 0 Å². The molecule has 0 N–H and O–H groups in total. The molecule has 0 saturated heterocycles. The van der Waals surface area contributed by atoms with Crippen molar-refractivity contribution in [3.63, 3.8) is 0 Å². The van der Waals surface area contributed by atoms with E-state index in [-0.39, 0.29) is 0 Å². The molecule has 0 unspecified atom stereocenters. The minimum absolute atomic E-state index is 0.765. The van der Waals surface area contributed by atoms with Crippen LogP contribution in [0.5, 0.6) is 5.75 Å². The average molecular weight is 439 g/mol. The molecule has 0 amide bonds. The summed E-state index contributed by atoms with van der Waals surface area (Å²) in [6.07, 6.45) is 7.26. The minimum Gasteiger partial charge on any atom is -0.493 e. The van der Waals surface area contributed by atoms with E-state index in [1.807, 2.05) is 0 Å². The van der Waals surface area contributed by atoms with Crippen LogP contribution in [0.3, 0.4) is 0 Å². The summed E-state index contributed by atoms with van der Waals surface area (Å²) in [5.41, 5.74) is 6.10. The van der Waals surface area contributed by atoms with Crippen LogP contribution in [-0.2, 0) is 13.0 Å². The number of rotatable bonds is 8. The van der Waals surface area contributed by atoms with Gasteiger partial charge >= 0.3 is 0 Å². The maximum absolute atomic E-state index is 6.32. The molecule has 0 spiro atoms. The van der Waals surface area contributed by atoms with E-state index >= 15 is 0 Å². The topological polar surface area (TPSA) is 25.4 Å². The van der Waals surface area contributed by atoms with Gasteiger partial charge in [-0.05, 0) is 60.0 Å². The highest BCUT2D eigenvalue weighted by atomic mass is 16.5. The molecule has 3 heteroatoms. The van der Waals surface area contributed by atoms with Crippen molar-refractivity contribution in [1.82, 2.24) is 9.88 Å². The number of hydrogen-bond donors (Lipinski definition) is 0. The molecule has 0 fully saturated rings. The van der Waals surface area contributed by atoms with Crippen LogP contribution in [0.1, 0.15) is 50.2 Å². The zero-order valence-electron chi connectivity index (χ0n) is 19.9. The molecule has 1 aliphatic heterocycles. The van der Waals surface area contributed by atoms with Gasteiger partial charge in [-0.3, -0.25) is 0 Å². The first kappa shape index (κ1) is 21.9. The van der Waals surface area contributed by atoms with E-state index in [1.165, 1.54) is 53.0 Å². The van der Waals surface area contributed by atoms with Gasteiger partial charge in [0.05, 0.1) is 17.8 Å². The van der Waals surface area contributed by atoms with Crippen LogP contribution < -0.4 is 4.74 Å². The smallest absolute Gasteiger partial charge is 0.128 e. The molecule has 4 aromatic rings. The summed E-state index contributed by atoms with van der Waals surface area (Å²) in [6, 6.07) is 21.6. The molecular formula is C30H34N2O. The average Bonchev–Trinajstić information content (AvgIpc) is 2.85. The van der Waals surface area contributed by atoms with Crippen LogP contribution in [-0.4, -0.2) is 30.1 Å². The van der Waals surface area contributed by atoms with E-state index in [2.05, 4.69) is 79.5 Å². The summed E-state index contributed by atoms with van der Waals surface area (Å²) in [5, 5.41) is 3.92. The normalized spacial score (nSPS) is 14.0. The number of para-hydroxylation sites is 1. The quantitative estimate of drug-likeness (QED) is 0.212.